The van der Waals surface area contributed by atoms with Crippen LogP contribution in [-0.2, 0) is 16.1 Å². The molecular formula is C21H27F6N3O5. The number of aliphatic carboxylic acids is 2. The van der Waals surface area contributed by atoms with Crippen molar-refractivity contribution in [3.8, 4) is 5.88 Å². The van der Waals surface area contributed by atoms with E-state index in [1.54, 1.807) is 7.11 Å². The Morgan fingerprint density at radius 1 is 0.971 bits per heavy atom. The first-order valence-corrected chi connectivity index (χ1v) is 10.8. The van der Waals surface area contributed by atoms with Crippen LogP contribution in [0.5, 0.6) is 5.88 Å². The lowest BCUT2D eigenvalue weighted by Gasteiger charge is -2.26. The molecule has 3 heterocycles. The Bertz CT molecular complexity index is 839. The molecule has 1 aromatic rings. The lowest BCUT2D eigenvalue weighted by molar-refractivity contribution is -0.193. The van der Waals surface area contributed by atoms with E-state index < -0.39 is 24.3 Å². The monoisotopic (exact) mass is 515 g/mol. The van der Waals surface area contributed by atoms with Crippen LogP contribution in [0.25, 0.3) is 0 Å². The molecule has 3 fully saturated rings. The van der Waals surface area contributed by atoms with Crippen molar-refractivity contribution in [3.63, 3.8) is 0 Å². The van der Waals surface area contributed by atoms with Gasteiger partial charge >= 0.3 is 24.3 Å². The molecule has 198 valence electrons. The molecule has 4 rings (SSSR count). The zero-order chi connectivity index (χ0) is 26.4. The van der Waals surface area contributed by atoms with Gasteiger partial charge in [0.1, 0.15) is 0 Å². The van der Waals surface area contributed by atoms with Gasteiger partial charge in [-0.1, -0.05) is 6.07 Å². The summed E-state index contributed by atoms with van der Waals surface area (Å²) < 4.78 is 68.9. The van der Waals surface area contributed by atoms with Gasteiger partial charge in [-0.2, -0.15) is 26.3 Å². The number of methoxy groups -OCH3 is 1. The Hall–Kier alpha value is -2.61. The summed E-state index contributed by atoms with van der Waals surface area (Å²) in [5.41, 5.74) is 1.22. The average molecular weight is 515 g/mol. The van der Waals surface area contributed by atoms with E-state index in [1.807, 2.05) is 12.3 Å². The Labute approximate surface area is 197 Å². The van der Waals surface area contributed by atoms with Crippen LogP contribution in [-0.4, -0.2) is 88.1 Å². The number of carbonyl (C=O) groups is 2. The van der Waals surface area contributed by atoms with E-state index >= 15 is 0 Å². The molecule has 2 atom stereocenters. The summed E-state index contributed by atoms with van der Waals surface area (Å²) in [5.74, 6) is -3.72. The Morgan fingerprint density at radius 3 is 1.91 bits per heavy atom. The van der Waals surface area contributed by atoms with Crippen molar-refractivity contribution in [1.29, 1.82) is 0 Å². The van der Waals surface area contributed by atoms with Crippen LogP contribution in [0, 0.1) is 5.92 Å². The van der Waals surface area contributed by atoms with E-state index in [-0.39, 0.29) is 0 Å². The molecule has 1 saturated carbocycles. The number of likely N-dealkylation sites (tertiary alicyclic amines) is 2. The Kier molecular flexibility index (Phi) is 9.72. The first-order chi connectivity index (χ1) is 16.2. The summed E-state index contributed by atoms with van der Waals surface area (Å²) in [6.45, 7) is 4.85. The van der Waals surface area contributed by atoms with Gasteiger partial charge in [-0.05, 0) is 37.7 Å². The second-order valence-corrected chi connectivity index (χ2v) is 8.40. The van der Waals surface area contributed by atoms with Gasteiger partial charge in [0.15, 0.2) is 0 Å². The standard InChI is InChI=1S/C17H25N3O.2C2HF3O2/c1-21-17-14(3-2-8-18-17)12-20-10-7-15-16(20)6-9-19(15)11-13-4-5-13;2*3-2(4,5)1(6)7/h2-3,8,13,15-16H,4-7,9-12H2,1H3;2*(H,6,7)/t15-,16+;;/m0../s1. The molecule has 0 spiro atoms. The number of pyridine rings is 1. The third-order valence-electron chi connectivity index (χ3n) is 5.90. The fourth-order valence-electron chi connectivity index (χ4n) is 4.17. The average Bonchev–Trinajstić information content (AvgIpc) is 3.36. The summed E-state index contributed by atoms with van der Waals surface area (Å²) in [5, 5.41) is 14.2. The van der Waals surface area contributed by atoms with Gasteiger partial charge in [-0.15, -0.1) is 0 Å². The second kappa shape index (κ2) is 11.9. The van der Waals surface area contributed by atoms with Gasteiger partial charge < -0.3 is 14.9 Å². The number of ether oxygens (including phenoxy) is 1. The number of rotatable bonds is 5. The highest BCUT2D eigenvalue weighted by atomic mass is 19.4. The minimum atomic E-state index is -5.08. The quantitative estimate of drug-likeness (QED) is 0.576. The molecule has 2 aliphatic heterocycles. The van der Waals surface area contributed by atoms with Crippen molar-refractivity contribution in [2.75, 3.05) is 26.7 Å². The Morgan fingerprint density at radius 2 is 1.46 bits per heavy atom. The lowest BCUT2D eigenvalue weighted by atomic mass is 10.1. The number of fused-ring (bicyclic) bond motifs is 1. The van der Waals surface area contributed by atoms with Crippen molar-refractivity contribution in [3.05, 3.63) is 23.9 Å². The van der Waals surface area contributed by atoms with Gasteiger partial charge in [0.2, 0.25) is 5.88 Å². The molecular weight excluding hydrogens is 488 g/mol. The van der Waals surface area contributed by atoms with E-state index in [9.17, 15) is 26.3 Å². The van der Waals surface area contributed by atoms with Crippen molar-refractivity contribution < 1.29 is 50.9 Å². The number of hydrogen-bond acceptors (Lipinski definition) is 6. The smallest absolute Gasteiger partial charge is 0.481 e. The van der Waals surface area contributed by atoms with E-state index in [0.717, 1.165) is 30.4 Å². The molecule has 0 bridgehead atoms. The van der Waals surface area contributed by atoms with Crippen molar-refractivity contribution >= 4 is 11.9 Å². The fourth-order valence-corrected chi connectivity index (χ4v) is 4.17. The molecule has 2 saturated heterocycles. The van der Waals surface area contributed by atoms with Gasteiger partial charge in [0.05, 0.1) is 7.11 Å². The van der Waals surface area contributed by atoms with Crippen LogP contribution in [0.1, 0.15) is 31.2 Å². The fraction of sp³-hybridized carbons (Fsp3) is 0.667. The lowest BCUT2D eigenvalue weighted by Crippen LogP contribution is -2.37. The number of nitrogens with zero attached hydrogens (tertiary/aromatic N) is 3. The van der Waals surface area contributed by atoms with E-state index in [4.69, 9.17) is 24.5 Å². The van der Waals surface area contributed by atoms with E-state index in [0.29, 0.717) is 0 Å². The summed E-state index contributed by atoms with van der Waals surface area (Å²) in [6.07, 6.45) is -2.77. The van der Waals surface area contributed by atoms with Crippen molar-refractivity contribution in [2.24, 2.45) is 5.92 Å². The maximum Gasteiger partial charge on any atom is 0.490 e. The van der Waals surface area contributed by atoms with Gasteiger partial charge in [0, 0.05) is 50.0 Å². The molecule has 0 amide bonds. The van der Waals surface area contributed by atoms with Crippen LogP contribution in [0.15, 0.2) is 18.3 Å². The third kappa shape index (κ3) is 8.84. The number of aromatic nitrogens is 1. The van der Waals surface area contributed by atoms with Gasteiger partial charge in [0.25, 0.3) is 0 Å². The van der Waals surface area contributed by atoms with E-state index in [2.05, 4.69) is 20.9 Å². The number of hydrogen-bond donors (Lipinski definition) is 2. The van der Waals surface area contributed by atoms with E-state index in [1.165, 1.54) is 50.9 Å². The van der Waals surface area contributed by atoms with Crippen LogP contribution in [0.4, 0.5) is 26.3 Å². The summed E-state index contributed by atoms with van der Waals surface area (Å²) in [4.78, 5) is 27.5. The highest BCUT2D eigenvalue weighted by Gasteiger charge is 2.43. The minimum absolute atomic E-state index is 0.744. The second-order valence-electron chi connectivity index (χ2n) is 8.40. The topological polar surface area (TPSA) is 103 Å². The molecule has 8 nitrogen and oxygen atoms in total. The Balaban J connectivity index is 0.000000257. The maximum atomic E-state index is 10.6. The summed E-state index contributed by atoms with van der Waals surface area (Å²) in [6, 6.07) is 5.71. The predicted molar refractivity (Wildman–Crippen MR) is 110 cm³/mol. The first kappa shape index (κ1) is 28.6. The molecule has 14 heteroatoms. The molecule has 0 unspecified atom stereocenters. The summed E-state index contributed by atoms with van der Waals surface area (Å²) in [7, 11) is 1.71. The maximum absolute atomic E-state index is 10.6. The number of carboxylic acids is 2. The zero-order valence-corrected chi connectivity index (χ0v) is 18.8. The van der Waals surface area contributed by atoms with Crippen molar-refractivity contribution in [2.45, 2.75) is 56.7 Å². The van der Waals surface area contributed by atoms with Crippen LogP contribution in [0.3, 0.4) is 0 Å². The number of halogens is 6. The zero-order valence-electron chi connectivity index (χ0n) is 18.8. The highest BCUT2D eigenvalue weighted by Crippen LogP contribution is 2.37. The molecule has 0 aromatic carbocycles. The molecule has 1 aliphatic carbocycles. The van der Waals surface area contributed by atoms with Crippen LogP contribution in [0.2, 0.25) is 0 Å². The molecule has 2 N–H and O–H groups in total. The molecule has 0 radical (unpaired) electrons. The molecule has 3 aliphatic rings. The first-order valence-electron chi connectivity index (χ1n) is 10.8. The number of carboxylic acid groups (broad SMARTS) is 2. The summed E-state index contributed by atoms with van der Waals surface area (Å²) >= 11 is 0. The van der Waals surface area contributed by atoms with Gasteiger partial charge in [-0.25, -0.2) is 14.6 Å². The van der Waals surface area contributed by atoms with Crippen LogP contribution >= 0.6 is 0 Å². The molecule has 1 aromatic heterocycles. The normalized spacial score (nSPS) is 22.4. The van der Waals surface area contributed by atoms with Gasteiger partial charge in [-0.3, -0.25) is 9.80 Å². The molecule has 35 heavy (non-hydrogen) atoms. The minimum Gasteiger partial charge on any atom is -0.481 e. The number of alkyl halides is 6. The predicted octanol–water partition coefficient (Wildman–Crippen LogP) is 3.42. The third-order valence-corrected chi connectivity index (χ3v) is 5.90. The SMILES string of the molecule is COc1ncccc1CN1CC[C@H]2[C@H]1CCN2CC1CC1.O=C(O)C(F)(F)F.O=C(O)C(F)(F)F. The van der Waals surface area contributed by atoms with Crippen LogP contribution < -0.4 is 4.74 Å². The van der Waals surface area contributed by atoms with Crippen molar-refractivity contribution in [1.82, 2.24) is 14.8 Å². The highest BCUT2D eigenvalue weighted by molar-refractivity contribution is 5.73. The largest absolute Gasteiger partial charge is 0.490 e.